The van der Waals surface area contributed by atoms with Gasteiger partial charge in [-0.3, -0.25) is 19.9 Å². The van der Waals surface area contributed by atoms with Crippen molar-refractivity contribution in [2.45, 2.75) is 0 Å². The molecule has 21 heavy (non-hydrogen) atoms. The van der Waals surface area contributed by atoms with Crippen LogP contribution >= 0.6 is 0 Å². The van der Waals surface area contributed by atoms with Gasteiger partial charge in [-0.2, -0.15) is 0 Å². The van der Waals surface area contributed by atoms with Gasteiger partial charge in [0.1, 0.15) is 0 Å². The van der Waals surface area contributed by atoms with Crippen molar-refractivity contribution in [3.8, 4) is 5.75 Å². The second-order valence-corrected chi connectivity index (χ2v) is 4.15. The summed E-state index contributed by atoms with van der Waals surface area (Å²) in [7, 11) is 0. The van der Waals surface area contributed by atoms with Crippen molar-refractivity contribution in [2.75, 3.05) is 0 Å². The summed E-state index contributed by atoms with van der Waals surface area (Å²) >= 11 is 0. The molecule has 1 amide bonds. The molecule has 0 fully saturated rings. The van der Waals surface area contributed by atoms with E-state index in [9.17, 15) is 20.0 Å². The number of rotatable bonds is 4. The molecule has 0 saturated carbocycles. The van der Waals surface area contributed by atoms with Gasteiger partial charge in [-0.1, -0.05) is 17.9 Å². The predicted octanol–water partition coefficient (Wildman–Crippen LogP) is 1.52. The quantitative estimate of drug-likeness (QED) is 0.519. The number of nitrogens with zero attached hydrogens (tertiary/aromatic N) is 2. The Bertz CT molecular complexity index is 741. The molecule has 0 radical (unpaired) electrons. The predicted molar refractivity (Wildman–Crippen MR) is 74.8 cm³/mol. The van der Waals surface area contributed by atoms with Crippen LogP contribution in [-0.2, 0) is 0 Å². The lowest BCUT2D eigenvalue weighted by atomic mass is 10.2. The maximum absolute atomic E-state index is 11.6. The van der Waals surface area contributed by atoms with E-state index >= 15 is 0 Å². The zero-order chi connectivity index (χ0) is 15.4. The molecule has 7 nitrogen and oxygen atoms in total. The van der Waals surface area contributed by atoms with Gasteiger partial charge < -0.3 is 10.8 Å². The molecule has 0 aliphatic rings. The third-order valence-corrected chi connectivity index (χ3v) is 2.69. The number of nitro groups is 1. The number of carbonyl (C=O) groups is 1. The zero-order valence-electron chi connectivity index (χ0n) is 10.7. The first-order valence-corrected chi connectivity index (χ1v) is 5.87. The smallest absolute Gasteiger partial charge is 0.270 e. The Balaban J connectivity index is 2.33. The number of hydrogen-bond acceptors (Lipinski definition) is 5. The first-order chi connectivity index (χ1) is 9.97. The highest BCUT2D eigenvalue weighted by Gasteiger charge is 2.05. The second-order valence-electron chi connectivity index (χ2n) is 4.15. The summed E-state index contributed by atoms with van der Waals surface area (Å²) in [6, 6.07) is 9.59. The molecule has 106 valence electrons. The lowest BCUT2D eigenvalue weighted by molar-refractivity contribution is -0.385. The Morgan fingerprint density at radius 1 is 1.24 bits per heavy atom. The Morgan fingerprint density at radius 2 is 2.00 bits per heavy atom. The minimum absolute atomic E-state index is 0.0914. The number of nitro benzene ring substituents is 1. The van der Waals surface area contributed by atoms with Crippen LogP contribution in [0.1, 0.15) is 15.9 Å². The fraction of sp³-hybridized carbons (Fsp3) is 0. The van der Waals surface area contributed by atoms with Crippen LogP contribution in [0.25, 0.3) is 0 Å². The molecule has 0 unspecified atom stereocenters. The molecule has 0 aliphatic heterocycles. The molecule has 2 aromatic rings. The SMILES string of the molecule is NC(=O)c1cccc(N=Cc2cc([N+](=O)[O-])ccc2[O-])c1. The average Bonchev–Trinajstić information content (AvgIpc) is 2.46. The van der Waals surface area contributed by atoms with Crippen LogP contribution in [0.4, 0.5) is 11.4 Å². The van der Waals surface area contributed by atoms with Crippen molar-refractivity contribution in [3.63, 3.8) is 0 Å². The summed E-state index contributed by atoms with van der Waals surface area (Å²) in [5.74, 6) is -0.970. The summed E-state index contributed by atoms with van der Waals surface area (Å²) < 4.78 is 0. The van der Waals surface area contributed by atoms with E-state index in [1.807, 2.05) is 0 Å². The van der Waals surface area contributed by atoms with Gasteiger partial charge in [0.25, 0.3) is 5.69 Å². The largest absolute Gasteiger partial charge is 0.872 e. The highest BCUT2D eigenvalue weighted by atomic mass is 16.6. The van der Waals surface area contributed by atoms with E-state index in [0.29, 0.717) is 5.69 Å². The number of non-ortho nitro benzene ring substituents is 1. The first kappa shape index (κ1) is 14.2. The van der Waals surface area contributed by atoms with Gasteiger partial charge in [0.05, 0.1) is 10.6 Å². The Morgan fingerprint density at radius 3 is 2.67 bits per heavy atom. The minimum Gasteiger partial charge on any atom is -0.872 e. The Kier molecular flexibility index (Phi) is 3.94. The Hall–Kier alpha value is -3.22. The van der Waals surface area contributed by atoms with E-state index in [1.54, 1.807) is 12.1 Å². The van der Waals surface area contributed by atoms with Crippen molar-refractivity contribution in [3.05, 3.63) is 63.7 Å². The second kappa shape index (κ2) is 5.83. The lowest BCUT2D eigenvalue weighted by Crippen LogP contribution is -2.10. The summed E-state index contributed by atoms with van der Waals surface area (Å²) in [6.07, 6.45) is 1.22. The molecule has 0 aliphatic carbocycles. The van der Waals surface area contributed by atoms with Crippen molar-refractivity contribution in [2.24, 2.45) is 10.7 Å². The molecule has 0 heterocycles. The fourth-order valence-corrected chi connectivity index (χ4v) is 1.63. The summed E-state index contributed by atoms with van der Waals surface area (Å²) in [6.45, 7) is 0. The topological polar surface area (TPSA) is 122 Å². The van der Waals surface area contributed by atoms with Gasteiger partial charge in [0.2, 0.25) is 5.91 Å². The summed E-state index contributed by atoms with van der Waals surface area (Å²) in [5.41, 5.74) is 5.75. The van der Waals surface area contributed by atoms with Crippen LogP contribution < -0.4 is 10.8 Å². The third kappa shape index (κ3) is 3.41. The molecule has 2 rings (SSSR count). The third-order valence-electron chi connectivity index (χ3n) is 2.69. The standard InChI is InChI=1S/C14H11N3O4/c15-14(19)9-2-1-3-11(6-9)16-8-10-7-12(17(20)21)4-5-13(10)18/h1-8,18H,(H2,15,19)/p-1. The van der Waals surface area contributed by atoms with E-state index < -0.39 is 10.8 Å². The molecule has 0 saturated heterocycles. The van der Waals surface area contributed by atoms with Crippen LogP contribution in [-0.4, -0.2) is 17.0 Å². The van der Waals surface area contributed by atoms with E-state index in [4.69, 9.17) is 5.73 Å². The molecule has 7 heteroatoms. The molecular formula is C14H10N3O4-. The normalized spacial score (nSPS) is 10.7. The van der Waals surface area contributed by atoms with Crippen molar-refractivity contribution < 1.29 is 14.8 Å². The van der Waals surface area contributed by atoms with E-state index in [-0.39, 0.29) is 22.6 Å². The minimum atomic E-state index is -0.593. The number of primary amides is 1. The van der Waals surface area contributed by atoms with E-state index in [1.165, 1.54) is 18.3 Å². The number of benzene rings is 2. The van der Waals surface area contributed by atoms with Gasteiger partial charge in [0.15, 0.2) is 0 Å². The number of aliphatic imine (C=N–C) groups is 1. The van der Waals surface area contributed by atoms with Crippen molar-refractivity contribution in [1.29, 1.82) is 0 Å². The van der Waals surface area contributed by atoms with Gasteiger partial charge in [-0.05, 0) is 23.8 Å². The molecule has 2 aromatic carbocycles. The van der Waals surface area contributed by atoms with Crippen LogP contribution in [0.5, 0.6) is 5.75 Å². The average molecular weight is 284 g/mol. The molecular weight excluding hydrogens is 274 g/mol. The van der Waals surface area contributed by atoms with Crippen LogP contribution in [0.2, 0.25) is 0 Å². The lowest BCUT2D eigenvalue weighted by Gasteiger charge is -2.08. The maximum Gasteiger partial charge on any atom is 0.270 e. The van der Waals surface area contributed by atoms with E-state index in [0.717, 1.165) is 18.2 Å². The molecule has 0 aromatic heterocycles. The van der Waals surface area contributed by atoms with Gasteiger partial charge in [0, 0.05) is 23.9 Å². The zero-order valence-corrected chi connectivity index (χ0v) is 10.7. The number of carbonyl (C=O) groups excluding carboxylic acids is 1. The first-order valence-electron chi connectivity index (χ1n) is 5.87. The van der Waals surface area contributed by atoms with Crippen molar-refractivity contribution >= 4 is 23.5 Å². The van der Waals surface area contributed by atoms with E-state index in [2.05, 4.69) is 4.99 Å². The van der Waals surface area contributed by atoms with Crippen molar-refractivity contribution in [1.82, 2.24) is 0 Å². The van der Waals surface area contributed by atoms with Gasteiger partial charge in [-0.25, -0.2) is 0 Å². The summed E-state index contributed by atoms with van der Waals surface area (Å²) in [5, 5.41) is 22.3. The number of amides is 1. The molecule has 0 spiro atoms. The molecule has 0 atom stereocenters. The van der Waals surface area contributed by atoms with Gasteiger partial charge in [-0.15, -0.1) is 0 Å². The Labute approximate surface area is 119 Å². The highest BCUT2D eigenvalue weighted by molar-refractivity contribution is 5.94. The molecule has 0 bridgehead atoms. The maximum atomic E-state index is 11.6. The molecule has 2 N–H and O–H groups in total. The highest BCUT2D eigenvalue weighted by Crippen LogP contribution is 2.20. The fourth-order valence-electron chi connectivity index (χ4n) is 1.63. The monoisotopic (exact) mass is 284 g/mol. The van der Waals surface area contributed by atoms with Crippen LogP contribution in [0.15, 0.2) is 47.5 Å². The number of hydrogen-bond donors (Lipinski definition) is 1. The number of nitrogens with two attached hydrogens (primary N) is 1. The summed E-state index contributed by atoms with van der Waals surface area (Å²) in [4.78, 5) is 25.1. The van der Waals surface area contributed by atoms with Gasteiger partial charge >= 0.3 is 0 Å². The van der Waals surface area contributed by atoms with Crippen LogP contribution in [0.3, 0.4) is 0 Å². The van der Waals surface area contributed by atoms with Crippen LogP contribution in [0, 0.1) is 10.1 Å².